The first-order valence-electron chi connectivity index (χ1n) is 7.74. The predicted molar refractivity (Wildman–Crippen MR) is 102 cm³/mol. The second kappa shape index (κ2) is 5.95. The maximum Gasteiger partial charge on any atom is 0.151 e. The summed E-state index contributed by atoms with van der Waals surface area (Å²) in [6, 6.07) is 25.6. The Balaban J connectivity index is 2.01. The molecule has 2 aromatic heterocycles. The summed E-state index contributed by atoms with van der Waals surface area (Å²) in [4.78, 5) is 0.636. The molecule has 4 rings (SSSR count). The minimum atomic E-state index is 0.223. The summed E-state index contributed by atoms with van der Waals surface area (Å²) >= 11 is 5.68. The average Bonchev–Trinajstić information content (AvgIpc) is 2.94. The summed E-state index contributed by atoms with van der Waals surface area (Å²) in [6.45, 7) is 0. The molecule has 2 aromatic carbocycles. The van der Waals surface area contributed by atoms with Gasteiger partial charge in [0.15, 0.2) is 5.75 Å². The zero-order valence-electron chi connectivity index (χ0n) is 12.9. The lowest BCUT2D eigenvalue weighted by atomic mass is 10.0. The van der Waals surface area contributed by atoms with E-state index >= 15 is 0 Å². The second-order valence-corrected chi connectivity index (χ2v) is 6.00. The molecule has 2 nitrogen and oxygen atoms in total. The van der Waals surface area contributed by atoms with Crippen molar-refractivity contribution in [1.29, 1.82) is 0 Å². The molecule has 3 heteroatoms. The zero-order chi connectivity index (χ0) is 16.5. The van der Waals surface area contributed by atoms with E-state index in [9.17, 15) is 5.11 Å². The minimum absolute atomic E-state index is 0.223. The van der Waals surface area contributed by atoms with Gasteiger partial charge in [-0.15, -0.1) is 0 Å². The molecular formula is C21H15NOS. The highest BCUT2D eigenvalue weighted by atomic mass is 32.1. The van der Waals surface area contributed by atoms with E-state index in [0.717, 1.165) is 22.2 Å². The lowest BCUT2D eigenvalue weighted by Gasteiger charge is -2.05. The Morgan fingerprint density at radius 3 is 2.12 bits per heavy atom. The summed E-state index contributed by atoms with van der Waals surface area (Å²) in [7, 11) is 0. The predicted octanol–water partition coefficient (Wildman–Crippen LogP) is 5.08. The quantitative estimate of drug-likeness (QED) is 0.419. The van der Waals surface area contributed by atoms with E-state index in [2.05, 4.69) is 0 Å². The molecule has 0 radical (unpaired) electrons. The zero-order valence-corrected chi connectivity index (χ0v) is 13.7. The number of fused-ring (bicyclic) bond motifs is 1. The molecular weight excluding hydrogens is 314 g/mol. The number of hydrogen-bond donors (Lipinski definition) is 1. The van der Waals surface area contributed by atoms with Crippen LogP contribution in [0, 0.1) is 0 Å². The van der Waals surface area contributed by atoms with Gasteiger partial charge in [-0.25, -0.2) is 0 Å². The monoisotopic (exact) mass is 329 g/mol. The Morgan fingerprint density at radius 1 is 0.792 bits per heavy atom. The highest BCUT2D eigenvalue weighted by Gasteiger charge is 2.22. The molecule has 2 heterocycles. The molecule has 1 N–H and O–H groups in total. The SMILES string of the molecule is Oc1c(-c2ccccc2)c2ccccn2c1C(=S)c1ccccc1. The minimum Gasteiger partial charge on any atom is -0.505 e. The molecule has 0 bridgehead atoms. The van der Waals surface area contributed by atoms with Gasteiger partial charge in [0, 0.05) is 11.8 Å². The van der Waals surface area contributed by atoms with Gasteiger partial charge in [0.25, 0.3) is 0 Å². The smallest absolute Gasteiger partial charge is 0.151 e. The van der Waals surface area contributed by atoms with Crippen molar-refractivity contribution in [2.75, 3.05) is 0 Å². The van der Waals surface area contributed by atoms with E-state index in [-0.39, 0.29) is 5.75 Å². The number of aromatic hydroxyl groups is 1. The van der Waals surface area contributed by atoms with E-state index in [1.54, 1.807) is 0 Å². The first-order chi connectivity index (χ1) is 11.8. The van der Waals surface area contributed by atoms with Crippen LogP contribution in [0.1, 0.15) is 11.3 Å². The van der Waals surface area contributed by atoms with Crippen LogP contribution in [0.3, 0.4) is 0 Å². The van der Waals surface area contributed by atoms with Crippen LogP contribution in [-0.4, -0.2) is 14.4 Å². The van der Waals surface area contributed by atoms with Gasteiger partial charge < -0.3 is 9.51 Å². The highest BCUT2D eigenvalue weighted by molar-refractivity contribution is 7.81. The van der Waals surface area contributed by atoms with Crippen LogP contribution in [0.4, 0.5) is 0 Å². The summed E-state index contributed by atoms with van der Waals surface area (Å²) in [6.07, 6.45) is 1.94. The normalized spacial score (nSPS) is 10.8. The molecule has 24 heavy (non-hydrogen) atoms. The van der Waals surface area contributed by atoms with Crippen molar-refractivity contribution in [3.63, 3.8) is 0 Å². The van der Waals surface area contributed by atoms with Gasteiger partial charge >= 0.3 is 0 Å². The van der Waals surface area contributed by atoms with Gasteiger partial charge in [0.05, 0.1) is 10.4 Å². The third kappa shape index (κ3) is 2.30. The fourth-order valence-electron chi connectivity index (χ4n) is 3.03. The van der Waals surface area contributed by atoms with Crippen molar-refractivity contribution in [2.24, 2.45) is 0 Å². The largest absolute Gasteiger partial charge is 0.505 e. The molecule has 0 saturated heterocycles. The number of benzene rings is 2. The average molecular weight is 329 g/mol. The van der Waals surface area contributed by atoms with Crippen molar-refractivity contribution in [2.45, 2.75) is 0 Å². The molecule has 0 spiro atoms. The van der Waals surface area contributed by atoms with Crippen molar-refractivity contribution in [3.8, 4) is 16.9 Å². The van der Waals surface area contributed by atoms with Crippen LogP contribution in [0.5, 0.6) is 5.75 Å². The molecule has 116 valence electrons. The van der Waals surface area contributed by atoms with Crippen LogP contribution in [-0.2, 0) is 0 Å². The van der Waals surface area contributed by atoms with Gasteiger partial charge in [-0.1, -0.05) is 78.9 Å². The van der Waals surface area contributed by atoms with Crippen molar-refractivity contribution in [1.82, 2.24) is 4.40 Å². The van der Waals surface area contributed by atoms with Crippen LogP contribution >= 0.6 is 12.2 Å². The van der Waals surface area contributed by atoms with E-state index in [1.807, 2.05) is 89.5 Å². The molecule has 0 aliphatic heterocycles. The fraction of sp³-hybridized carbons (Fsp3) is 0. The molecule has 0 aliphatic rings. The van der Waals surface area contributed by atoms with Crippen molar-refractivity contribution < 1.29 is 5.11 Å². The van der Waals surface area contributed by atoms with Crippen LogP contribution in [0.15, 0.2) is 85.1 Å². The third-order valence-electron chi connectivity index (χ3n) is 4.13. The standard InChI is InChI=1S/C21H15NOS/c23-20-18(15-9-3-1-4-10-15)17-13-7-8-14-22(17)19(20)21(24)16-11-5-2-6-12-16/h1-14,23H. The van der Waals surface area contributed by atoms with Gasteiger partial charge in [-0.3, -0.25) is 0 Å². The van der Waals surface area contributed by atoms with E-state index in [1.165, 1.54) is 0 Å². The summed E-state index contributed by atoms with van der Waals surface area (Å²) < 4.78 is 1.97. The molecule has 0 atom stereocenters. The summed E-state index contributed by atoms with van der Waals surface area (Å²) in [5.41, 5.74) is 4.30. The van der Waals surface area contributed by atoms with E-state index in [4.69, 9.17) is 12.2 Å². The number of rotatable bonds is 3. The number of aromatic nitrogens is 1. The highest BCUT2D eigenvalue weighted by Crippen LogP contribution is 2.39. The van der Waals surface area contributed by atoms with Crippen molar-refractivity contribution in [3.05, 3.63) is 96.3 Å². The van der Waals surface area contributed by atoms with E-state index < -0.39 is 0 Å². The van der Waals surface area contributed by atoms with Gasteiger partial charge in [0.2, 0.25) is 0 Å². The molecule has 0 saturated carbocycles. The molecule has 0 fully saturated rings. The maximum atomic E-state index is 11.0. The Hall–Kier alpha value is -2.91. The molecule has 4 aromatic rings. The lowest BCUT2D eigenvalue weighted by molar-refractivity contribution is 0.476. The lowest BCUT2D eigenvalue weighted by Crippen LogP contribution is -2.03. The van der Waals surface area contributed by atoms with Crippen LogP contribution in [0.2, 0.25) is 0 Å². The third-order valence-corrected chi connectivity index (χ3v) is 4.56. The summed E-state index contributed by atoms with van der Waals surface area (Å²) in [5.74, 6) is 0.223. The molecule has 0 aliphatic carbocycles. The van der Waals surface area contributed by atoms with Gasteiger partial charge in [0.1, 0.15) is 5.69 Å². The van der Waals surface area contributed by atoms with Gasteiger partial charge in [-0.2, -0.15) is 0 Å². The topological polar surface area (TPSA) is 24.6 Å². The first kappa shape index (κ1) is 14.7. The maximum absolute atomic E-state index is 11.0. The Kier molecular flexibility index (Phi) is 3.63. The number of nitrogens with zero attached hydrogens (tertiary/aromatic N) is 1. The number of thiocarbonyl (C=S) groups is 1. The van der Waals surface area contributed by atoms with Crippen LogP contribution < -0.4 is 0 Å². The Bertz CT molecular complexity index is 1020. The first-order valence-corrected chi connectivity index (χ1v) is 8.15. The molecule has 0 unspecified atom stereocenters. The molecule has 0 amide bonds. The second-order valence-electron chi connectivity index (χ2n) is 5.59. The van der Waals surface area contributed by atoms with Crippen molar-refractivity contribution >= 4 is 22.6 Å². The number of pyridine rings is 1. The Labute approximate surface area is 145 Å². The summed E-state index contributed by atoms with van der Waals surface area (Å²) in [5, 5.41) is 11.0. The number of hydrogen-bond acceptors (Lipinski definition) is 2. The fourth-order valence-corrected chi connectivity index (χ4v) is 3.36. The Morgan fingerprint density at radius 2 is 1.42 bits per heavy atom. The van der Waals surface area contributed by atoms with Crippen LogP contribution in [0.25, 0.3) is 16.6 Å². The van der Waals surface area contributed by atoms with Gasteiger partial charge in [-0.05, 0) is 23.3 Å². The van der Waals surface area contributed by atoms with E-state index in [0.29, 0.717) is 10.6 Å².